The summed E-state index contributed by atoms with van der Waals surface area (Å²) in [6.07, 6.45) is 0. The molecule has 3 nitrogen and oxygen atoms in total. The van der Waals surface area contributed by atoms with E-state index >= 15 is 0 Å². The Bertz CT molecular complexity index is 98.2. The van der Waals surface area contributed by atoms with E-state index in [-0.39, 0.29) is 6.04 Å². The van der Waals surface area contributed by atoms with Crippen LogP contribution in [0.15, 0.2) is 0 Å². The van der Waals surface area contributed by atoms with Crippen LogP contribution in [-0.2, 0) is 0 Å². The van der Waals surface area contributed by atoms with Gasteiger partial charge in [0.2, 0.25) is 0 Å². The van der Waals surface area contributed by atoms with Crippen LogP contribution in [0.1, 0.15) is 6.92 Å². The molecule has 1 saturated heterocycles. The summed E-state index contributed by atoms with van der Waals surface area (Å²) in [5.41, 5.74) is 0. The molecule has 2 N–H and O–H groups in total. The van der Waals surface area contributed by atoms with Crippen molar-refractivity contribution < 1.29 is 0 Å². The second-order valence-electron chi connectivity index (χ2n) is 2.17. The summed E-state index contributed by atoms with van der Waals surface area (Å²) < 4.78 is 0. The molecular weight excluding hydrogens is 102 g/mol. The van der Waals surface area contributed by atoms with Crippen molar-refractivity contribution in [3.63, 3.8) is 0 Å². The van der Waals surface area contributed by atoms with Gasteiger partial charge in [0.1, 0.15) is 5.84 Å². The molecule has 1 fully saturated rings. The van der Waals surface area contributed by atoms with E-state index in [1.807, 2.05) is 18.9 Å². The Labute approximate surface area is 49.2 Å². The van der Waals surface area contributed by atoms with Gasteiger partial charge >= 0.3 is 0 Å². The average Bonchev–Trinajstić information content (AvgIpc) is 1.98. The van der Waals surface area contributed by atoms with E-state index in [2.05, 4.69) is 5.32 Å². The van der Waals surface area contributed by atoms with Crippen LogP contribution >= 0.6 is 0 Å². The lowest BCUT2D eigenvalue weighted by Gasteiger charge is -2.07. The predicted molar refractivity (Wildman–Crippen MR) is 33.0 cm³/mol. The second kappa shape index (κ2) is 1.74. The van der Waals surface area contributed by atoms with Gasteiger partial charge in [0.25, 0.3) is 0 Å². The molecule has 1 heterocycles. The number of amidine groups is 1. The quantitative estimate of drug-likeness (QED) is 0.458. The number of nitrogens with zero attached hydrogens (tertiary/aromatic N) is 1. The van der Waals surface area contributed by atoms with E-state index in [1.54, 1.807) is 0 Å². The van der Waals surface area contributed by atoms with E-state index in [9.17, 15) is 0 Å². The van der Waals surface area contributed by atoms with Gasteiger partial charge in [-0.25, -0.2) is 0 Å². The monoisotopic (exact) mass is 113 g/mol. The molecule has 1 unspecified atom stereocenters. The number of hydrogen-bond donors (Lipinski definition) is 2. The van der Waals surface area contributed by atoms with Crippen molar-refractivity contribution >= 4 is 5.84 Å². The SMILES string of the molecule is CC1NCN(C)C1=N. The highest BCUT2D eigenvalue weighted by atomic mass is 15.3. The lowest BCUT2D eigenvalue weighted by molar-refractivity contribution is 0.514. The third-order valence-corrected chi connectivity index (χ3v) is 1.46. The summed E-state index contributed by atoms with van der Waals surface area (Å²) in [7, 11) is 1.92. The number of hydrogen-bond acceptors (Lipinski definition) is 2. The van der Waals surface area contributed by atoms with Crippen LogP contribution in [0.5, 0.6) is 0 Å². The van der Waals surface area contributed by atoms with Crippen LogP contribution in [0, 0.1) is 5.41 Å². The van der Waals surface area contributed by atoms with Gasteiger partial charge in [-0.05, 0) is 6.92 Å². The molecule has 0 saturated carbocycles. The van der Waals surface area contributed by atoms with Crippen molar-refractivity contribution in [2.45, 2.75) is 13.0 Å². The van der Waals surface area contributed by atoms with E-state index in [4.69, 9.17) is 5.41 Å². The molecule has 0 aromatic carbocycles. The van der Waals surface area contributed by atoms with Gasteiger partial charge in [0, 0.05) is 7.05 Å². The number of nitrogens with one attached hydrogen (secondary N) is 2. The largest absolute Gasteiger partial charge is 0.350 e. The first-order valence-corrected chi connectivity index (χ1v) is 2.75. The van der Waals surface area contributed by atoms with Gasteiger partial charge in [-0.1, -0.05) is 0 Å². The molecular formula is C5H11N3. The highest BCUT2D eigenvalue weighted by Crippen LogP contribution is 1.97. The normalized spacial score (nSPS) is 29.5. The summed E-state index contributed by atoms with van der Waals surface area (Å²) >= 11 is 0. The van der Waals surface area contributed by atoms with Gasteiger partial charge in [0.15, 0.2) is 0 Å². The molecule has 1 aliphatic heterocycles. The fourth-order valence-corrected chi connectivity index (χ4v) is 0.786. The van der Waals surface area contributed by atoms with Crippen LogP contribution in [-0.4, -0.2) is 30.5 Å². The predicted octanol–water partition coefficient (Wildman–Crippen LogP) is -0.155. The van der Waals surface area contributed by atoms with Crippen LogP contribution < -0.4 is 5.32 Å². The highest BCUT2D eigenvalue weighted by molar-refractivity contribution is 5.85. The molecule has 0 aromatic rings. The van der Waals surface area contributed by atoms with Crippen molar-refractivity contribution in [3.05, 3.63) is 0 Å². The lowest BCUT2D eigenvalue weighted by Crippen LogP contribution is -2.24. The zero-order chi connectivity index (χ0) is 6.15. The Morgan fingerprint density at radius 3 is 2.62 bits per heavy atom. The molecule has 3 heteroatoms. The van der Waals surface area contributed by atoms with E-state index in [0.29, 0.717) is 5.84 Å². The third kappa shape index (κ3) is 0.690. The Morgan fingerprint density at radius 1 is 1.88 bits per heavy atom. The third-order valence-electron chi connectivity index (χ3n) is 1.46. The standard InChI is InChI=1S/C5H11N3/c1-4-5(6)8(2)3-7-4/h4,6-7H,3H2,1-2H3. The fourth-order valence-electron chi connectivity index (χ4n) is 0.786. The van der Waals surface area contributed by atoms with Crippen molar-refractivity contribution in [1.82, 2.24) is 10.2 Å². The molecule has 1 atom stereocenters. The van der Waals surface area contributed by atoms with Crippen LogP contribution in [0.2, 0.25) is 0 Å². The van der Waals surface area contributed by atoms with Gasteiger partial charge in [-0.3, -0.25) is 10.7 Å². The highest BCUT2D eigenvalue weighted by Gasteiger charge is 2.18. The number of rotatable bonds is 0. The van der Waals surface area contributed by atoms with Crippen LogP contribution in [0.25, 0.3) is 0 Å². The average molecular weight is 113 g/mol. The molecule has 1 aliphatic rings. The molecule has 0 aromatic heterocycles. The zero-order valence-corrected chi connectivity index (χ0v) is 5.23. The maximum Gasteiger partial charge on any atom is 0.114 e. The Morgan fingerprint density at radius 2 is 2.50 bits per heavy atom. The summed E-state index contributed by atoms with van der Waals surface area (Å²) in [4.78, 5) is 1.89. The number of likely N-dealkylation sites (N-methyl/N-ethyl adjacent to an activating group) is 1. The van der Waals surface area contributed by atoms with Crippen molar-refractivity contribution in [3.8, 4) is 0 Å². The molecule has 0 aliphatic carbocycles. The maximum atomic E-state index is 7.32. The zero-order valence-electron chi connectivity index (χ0n) is 5.23. The first-order valence-electron chi connectivity index (χ1n) is 2.75. The van der Waals surface area contributed by atoms with E-state index < -0.39 is 0 Å². The Kier molecular flexibility index (Phi) is 1.21. The summed E-state index contributed by atoms with van der Waals surface area (Å²) in [6, 6.07) is 0.250. The molecule has 8 heavy (non-hydrogen) atoms. The minimum absolute atomic E-state index is 0.250. The Hall–Kier alpha value is -0.570. The minimum atomic E-state index is 0.250. The molecule has 46 valence electrons. The van der Waals surface area contributed by atoms with Gasteiger partial charge in [-0.15, -0.1) is 0 Å². The van der Waals surface area contributed by atoms with Gasteiger partial charge < -0.3 is 4.90 Å². The fraction of sp³-hybridized carbons (Fsp3) is 0.800. The van der Waals surface area contributed by atoms with E-state index in [0.717, 1.165) is 6.67 Å². The molecule has 0 bridgehead atoms. The van der Waals surface area contributed by atoms with Gasteiger partial charge in [0.05, 0.1) is 12.7 Å². The minimum Gasteiger partial charge on any atom is -0.350 e. The topological polar surface area (TPSA) is 39.1 Å². The first kappa shape index (κ1) is 5.56. The van der Waals surface area contributed by atoms with E-state index in [1.165, 1.54) is 0 Å². The van der Waals surface area contributed by atoms with Crippen LogP contribution in [0.4, 0.5) is 0 Å². The summed E-state index contributed by atoms with van der Waals surface area (Å²) in [6.45, 7) is 2.81. The summed E-state index contributed by atoms with van der Waals surface area (Å²) in [5, 5.41) is 10.4. The molecule has 0 amide bonds. The molecule has 0 radical (unpaired) electrons. The van der Waals surface area contributed by atoms with Crippen LogP contribution in [0.3, 0.4) is 0 Å². The lowest BCUT2D eigenvalue weighted by atomic mass is 10.3. The van der Waals surface area contributed by atoms with Crippen molar-refractivity contribution in [2.75, 3.05) is 13.7 Å². The second-order valence-corrected chi connectivity index (χ2v) is 2.17. The Balaban J connectivity index is 2.57. The van der Waals surface area contributed by atoms with Gasteiger partial charge in [-0.2, -0.15) is 0 Å². The summed E-state index contributed by atoms with van der Waals surface area (Å²) in [5.74, 6) is 0.685. The molecule has 0 spiro atoms. The maximum absolute atomic E-state index is 7.32. The van der Waals surface area contributed by atoms with Crippen molar-refractivity contribution in [1.29, 1.82) is 5.41 Å². The first-order chi connectivity index (χ1) is 3.72. The molecule has 1 rings (SSSR count). The van der Waals surface area contributed by atoms with Crippen molar-refractivity contribution in [2.24, 2.45) is 0 Å². The smallest absolute Gasteiger partial charge is 0.114 e.